The predicted octanol–water partition coefficient (Wildman–Crippen LogP) is 1.17. The smallest absolute Gasteiger partial charge is 0.246 e. The molecule has 0 aromatic heterocycles. The minimum Gasteiger partial charge on any atom is -0.491 e. The number of hydrogen-bond acceptors (Lipinski definition) is 5. The SMILES string of the molecule is COCCN1CC[C@@H](CNC(=O)COCCOc2ccccc2)C1. The highest BCUT2D eigenvalue weighted by molar-refractivity contribution is 5.77. The third-order valence-electron chi connectivity index (χ3n) is 4.04. The fraction of sp³-hybridized carbons (Fsp3) is 0.611. The molecule has 0 radical (unpaired) electrons. The van der Waals surface area contributed by atoms with Crippen LogP contribution in [0.1, 0.15) is 6.42 Å². The maximum atomic E-state index is 11.8. The average molecular weight is 336 g/mol. The van der Waals surface area contributed by atoms with E-state index in [-0.39, 0.29) is 12.5 Å². The Morgan fingerprint density at radius 2 is 2.08 bits per heavy atom. The molecule has 0 unspecified atom stereocenters. The third kappa shape index (κ3) is 7.29. The summed E-state index contributed by atoms with van der Waals surface area (Å²) in [7, 11) is 1.72. The van der Waals surface area contributed by atoms with E-state index in [1.54, 1.807) is 7.11 Å². The van der Waals surface area contributed by atoms with Crippen molar-refractivity contribution in [3.63, 3.8) is 0 Å². The topological polar surface area (TPSA) is 60.0 Å². The van der Waals surface area contributed by atoms with Crippen molar-refractivity contribution in [1.82, 2.24) is 10.2 Å². The van der Waals surface area contributed by atoms with Crippen LogP contribution in [0.15, 0.2) is 30.3 Å². The molecule has 6 nitrogen and oxygen atoms in total. The van der Waals surface area contributed by atoms with Gasteiger partial charge in [0.15, 0.2) is 0 Å². The lowest BCUT2D eigenvalue weighted by atomic mass is 10.1. The zero-order valence-corrected chi connectivity index (χ0v) is 14.4. The normalized spacial score (nSPS) is 17.8. The summed E-state index contributed by atoms with van der Waals surface area (Å²) in [4.78, 5) is 14.1. The van der Waals surface area contributed by atoms with Crippen LogP contribution in [0.2, 0.25) is 0 Å². The molecule has 134 valence electrons. The van der Waals surface area contributed by atoms with Gasteiger partial charge in [-0.1, -0.05) is 18.2 Å². The van der Waals surface area contributed by atoms with E-state index in [9.17, 15) is 4.79 Å². The summed E-state index contributed by atoms with van der Waals surface area (Å²) in [5.74, 6) is 1.27. The van der Waals surface area contributed by atoms with Gasteiger partial charge in [-0.05, 0) is 31.0 Å². The molecule has 1 N–H and O–H groups in total. The van der Waals surface area contributed by atoms with E-state index in [2.05, 4.69) is 10.2 Å². The number of methoxy groups -OCH3 is 1. The van der Waals surface area contributed by atoms with Crippen LogP contribution in [0.3, 0.4) is 0 Å². The quantitative estimate of drug-likeness (QED) is 0.615. The second kappa shape index (κ2) is 11.0. The van der Waals surface area contributed by atoms with Crippen LogP contribution >= 0.6 is 0 Å². The summed E-state index contributed by atoms with van der Waals surface area (Å²) >= 11 is 0. The van der Waals surface area contributed by atoms with Crippen LogP contribution in [0.4, 0.5) is 0 Å². The van der Waals surface area contributed by atoms with Crippen LogP contribution in [-0.4, -0.2) is 70.5 Å². The Balaban J connectivity index is 1.47. The number of hydrogen-bond donors (Lipinski definition) is 1. The van der Waals surface area contributed by atoms with E-state index >= 15 is 0 Å². The molecule has 1 saturated heterocycles. The van der Waals surface area contributed by atoms with E-state index < -0.39 is 0 Å². The number of carbonyl (C=O) groups excluding carboxylic acids is 1. The number of likely N-dealkylation sites (tertiary alicyclic amines) is 1. The van der Waals surface area contributed by atoms with Gasteiger partial charge in [-0.25, -0.2) is 0 Å². The zero-order valence-electron chi connectivity index (χ0n) is 14.4. The molecule has 1 heterocycles. The van der Waals surface area contributed by atoms with E-state index in [1.165, 1.54) is 0 Å². The molecule has 6 heteroatoms. The van der Waals surface area contributed by atoms with Gasteiger partial charge in [0, 0.05) is 26.7 Å². The summed E-state index contributed by atoms with van der Waals surface area (Å²) in [5.41, 5.74) is 0. The summed E-state index contributed by atoms with van der Waals surface area (Å²) in [6.07, 6.45) is 1.12. The minimum absolute atomic E-state index is 0.0648. The molecule has 1 aliphatic rings. The monoisotopic (exact) mass is 336 g/mol. The zero-order chi connectivity index (χ0) is 17.0. The van der Waals surface area contributed by atoms with Gasteiger partial charge < -0.3 is 24.4 Å². The van der Waals surface area contributed by atoms with Gasteiger partial charge in [-0.15, -0.1) is 0 Å². The van der Waals surface area contributed by atoms with Gasteiger partial charge in [-0.3, -0.25) is 4.79 Å². The minimum atomic E-state index is -0.0648. The van der Waals surface area contributed by atoms with Gasteiger partial charge in [-0.2, -0.15) is 0 Å². The number of para-hydroxylation sites is 1. The largest absolute Gasteiger partial charge is 0.491 e. The molecule has 1 atom stereocenters. The third-order valence-corrected chi connectivity index (χ3v) is 4.04. The molecule has 1 fully saturated rings. The van der Waals surface area contributed by atoms with Gasteiger partial charge in [0.05, 0.1) is 13.2 Å². The van der Waals surface area contributed by atoms with Crippen LogP contribution < -0.4 is 10.1 Å². The first-order valence-electron chi connectivity index (χ1n) is 8.51. The highest BCUT2D eigenvalue weighted by Gasteiger charge is 2.22. The second-order valence-corrected chi connectivity index (χ2v) is 5.97. The Hall–Kier alpha value is -1.63. The summed E-state index contributed by atoms with van der Waals surface area (Å²) in [6, 6.07) is 9.56. The van der Waals surface area contributed by atoms with Crippen molar-refractivity contribution in [2.45, 2.75) is 6.42 Å². The Bertz CT molecular complexity index is 469. The fourth-order valence-corrected chi connectivity index (χ4v) is 2.71. The number of nitrogens with one attached hydrogen (secondary N) is 1. The number of ether oxygens (including phenoxy) is 3. The molecule has 1 amide bonds. The Morgan fingerprint density at radius 3 is 2.88 bits per heavy atom. The summed E-state index contributed by atoms with van der Waals surface area (Å²) in [5, 5.41) is 2.95. The number of amides is 1. The molecule has 1 aromatic carbocycles. The predicted molar refractivity (Wildman–Crippen MR) is 92.2 cm³/mol. The first-order valence-corrected chi connectivity index (χ1v) is 8.51. The van der Waals surface area contributed by atoms with E-state index in [0.29, 0.717) is 25.7 Å². The molecule has 0 aliphatic carbocycles. The lowest BCUT2D eigenvalue weighted by Crippen LogP contribution is -2.34. The van der Waals surface area contributed by atoms with Crippen molar-refractivity contribution in [2.75, 3.05) is 59.7 Å². The fourth-order valence-electron chi connectivity index (χ4n) is 2.71. The van der Waals surface area contributed by atoms with Crippen molar-refractivity contribution in [3.8, 4) is 5.75 Å². The number of benzene rings is 1. The number of rotatable bonds is 11. The van der Waals surface area contributed by atoms with E-state index in [4.69, 9.17) is 14.2 Å². The Kier molecular flexibility index (Phi) is 8.59. The maximum absolute atomic E-state index is 11.8. The molecule has 24 heavy (non-hydrogen) atoms. The molecule has 0 bridgehead atoms. The van der Waals surface area contributed by atoms with Crippen molar-refractivity contribution < 1.29 is 19.0 Å². The van der Waals surface area contributed by atoms with Gasteiger partial charge >= 0.3 is 0 Å². The molecule has 1 aliphatic heterocycles. The Labute approximate surface area is 144 Å². The van der Waals surface area contributed by atoms with Crippen molar-refractivity contribution in [2.24, 2.45) is 5.92 Å². The van der Waals surface area contributed by atoms with E-state index in [0.717, 1.165) is 38.4 Å². The molecule has 0 spiro atoms. The maximum Gasteiger partial charge on any atom is 0.246 e. The molecular weight excluding hydrogens is 308 g/mol. The van der Waals surface area contributed by atoms with Crippen molar-refractivity contribution >= 4 is 5.91 Å². The molecule has 1 aromatic rings. The summed E-state index contributed by atoms with van der Waals surface area (Å²) < 4.78 is 15.9. The van der Waals surface area contributed by atoms with Gasteiger partial charge in [0.25, 0.3) is 0 Å². The summed E-state index contributed by atoms with van der Waals surface area (Å²) in [6.45, 7) is 5.46. The van der Waals surface area contributed by atoms with Crippen LogP contribution in [0.25, 0.3) is 0 Å². The van der Waals surface area contributed by atoms with E-state index in [1.807, 2.05) is 30.3 Å². The van der Waals surface area contributed by atoms with Crippen LogP contribution in [0, 0.1) is 5.92 Å². The molecule has 0 saturated carbocycles. The van der Waals surface area contributed by atoms with Gasteiger partial charge in [0.1, 0.15) is 19.0 Å². The lowest BCUT2D eigenvalue weighted by Gasteiger charge is -2.15. The van der Waals surface area contributed by atoms with Crippen molar-refractivity contribution in [1.29, 1.82) is 0 Å². The lowest BCUT2D eigenvalue weighted by molar-refractivity contribution is -0.126. The van der Waals surface area contributed by atoms with Crippen LogP contribution in [-0.2, 0) is 14.3 Å². The second-order valence-electron chi connectivity index (χ2n) is 5.97. The highest BCUT2D eigenvalue weighted by Crippen LogP contribution is 2.14. The highest BCUT2D eigenvalue weighted by atomic mass is 16.5. The molecule has 2 rings (SSSR count). The first kappa shape index (κ1) is 18.7. The molecular formula is C18H28N2O4. The number of nitrogens with zero attached hydrogens (tertiary/aromatic N) is 1. The van der Waals surface area contributed by atoms with Crippen molar-refractivity contribution in [3.05, 3.63) is 30.3 Å². The Morgan fingerprint density at radius 1 is 1.25 bits per heavy atom. The number of carbonyl (C=O) groups is 1. The standard InChI is InChI=1S/C18H28N2O4/c1-22-10-9-20-8-7-16(14-20)13-19-18(21)15-23-11-12-24-17-5-3-2-4-6-17/h2-6,16H,7-15H2,1H3,(H,19,21)/t16-/m0/s1. The van der Waals surface area contributed by atoms with Gasteiger partial charge in [0.2, 0.25) is 5.91 Å². The van der Waals surface area contributed by atoms with Crippen LogP contribution in [0.5, 0.6) is 5.75 Å². The first-order chi connectivity index (χ1) is 11.8. The average Bonchev–Trinajstić information content (AvgIpc) is 3.06.